The fourth-order valence-corrected chi connectivity index (χ4v) is 5.22. The van der Waals surface area contributed by atoms with Crippen LogP contribution in [0.3, 0.4) is 0 Å². The highest BCUT2D eigenvalue weighted by Gasteiger charge is 2.26. The molecule has 1 aliphatic rings. The standard InChI is InChI=1S/C23H27ClN4OS/c1-14-9-11-27(12-10-14)22(29)21-16(3)25-23(30-21)28-17(4)19(15(2)26-28)13-18-7-5-6-8-20(18)24/h5-8,14H,9-13H2,1-4H3. The molecule has 158 valence electrons. The molecule has 1 saturated heterocycles. The van der Waals surface area contributed by atoms with Crippen LogP contribution >= 0.6 is 22.9 Å². The second-order valence-corrected chi connectivity index (χ2v) is 9.60. The highest BCUT2D eigenvalue weighted by molar-refractivity contribution is 7.16. The first-order valence-corrected chi connectivity index (χ1v) is 11.6. The molecule has 0 N–H and O–H groups in total. The molecule has 0 unspecified atom stereocenters. The Bertz CT molecular complexity index is 1080. The summed E-state index contributed by atoms with van der Waals surface area (Å²) in [5, 5.41) is 6.24. The van der Waals surface area contributed by atoms with Crippen LogP contribution in [0, 0.1) is 26.7 Å². The number of carbonyl (C=O) groups excluding carboxylic acids is 1. The number of nitrogens with zero attached hydrogens (tertiary/aromatic N) is 4. The SMILES string of the molecule is Cc1nc(-n2nc(C)c(Cc3ccccc3Cl)c2C)sc1C(=O)N1CCC(C)CC1. The number of halogens is 1. The molecule has 0 aliphatic carbocycles. The Hall–Kier alpha value is -2.18. The van der Waals surface area contributed by atoms with Crippen LogP contribution in [0.1, 0.15) is 57.6 Å². The monoisotopic (exact) mass is 442 g/mol. The molecule has 30 heavy (non-hydrogen) atoms. The summed E-state index contributed by atoms with van der Waals surface area (Å²) in [5.41, 5.74) is 4.99. The van der Waals surface area contributed by atoms with E-state index < -0.39 is 0 Å². The van der Waals surface area contributed by atoms with E-state index in [4.69, 9.17) is 21.7 Å². The Morgan fingerprint density at radius 3 is 2.57 bits per heavy atom. The van der Waals surface area contributed by atoms with Gasteiger partial charge in [-0.15, -0.1) is 0 Å². The van der Waals surface area contributed by atoms with Crippen LogP contribution in [-0.4, -0.2) is 38.7 Å². The summed E-state index contributed by atoms with van der Waals surface area (Å²) in [6.07, 6.45) is 2.86. The fourth-order valence-electron chi connectivity index (χ4n) is 3.98. The molecule has 5 nitrogen and oxygen atoms in total. The quantitative estimate of drug-likeness (QED) is 0.545. The van der Waals surface area contributed by atoms with Crippen molar-refractivity contribution in [3.8, 4) is 5.13 Å². The minimum atomic E-state index is 0.0981. The maximum absolute atomic E-state index is 13.1. The molecule has 1 aromatic carbocycles. The summed E-state index contributed by atoms with van der Waals surface area (Å²) >= 11 is 7.80. The summed E-state index contributed by atoms with van der Waals surface area (Å²) in [4.78, 5) is 20.4. The third kappa shape index (κ3) is 4.03. The maximum atomic E-state index is 13.1. The Morgan fingerprint density at radius 1 is 1.17 bits per heavy atom. The van der Waals surface area contributed by atoms with Crippen molar-refractivity contribution in [2.24, 2.45) is 5.92 Å². The van der Waals surface area contributed by atoms with Crippen molar-refractivity contribution in [2.45, 2.75) is 47.0 Å². The van der Waals surface area contributed by atoms with E-state index in [1.807, 2.05) is 47.7 Å². The van der Waals surface area contributed by atoms with Crippen molar-refractivity contribution in [3.63, 3.8) is 0 Å². The van der Waals surface area contributed by atoms with Crippen LogP contribution < -0.4 is 0 Å². The van der Waals surface area contributed by atoms with Gasteiger partial charge in [0.15, 0.2) is 0 Å². The molecule has 0 atom stereocenters. The van der Waals surface area contributed by atoms with Gasteiger partial charge in [0.05, 0.1) is 11.4 Å². The molecule has 2 aromatic heterocycles. The zero-order valence-corrected chi connectivity index (χ0v) is 19.5. The second kappa shape index (κ2) is 8.52. The van der Waals surface area contributed by atoms with Gasteiger partial charge in [0, 0.05) is 35.8 Å². The van der Waals surface area contributed by atoms with Gasteiger partial charge < -0.3 is 4.90 Å². The van der Waals surface area contributed by atoms with Gasteiger partial charge in [0.2, 0.25) is 5.13 Å². The Balaban J connectivity index is 1.62. The first kappa shape index (κ1) is 21.1. The molecular weight excluding hydrogens is 416 g/mol. The topological polar surface area (TPSA) is 51.0 Å². The summed E-state index contributed by atoms with van der Waals surface area (Å²) in [5.74, 6) is 0.791. The Morgan fingerprint density at radius 2 is 1.87 bits per heavy atom. The predicted molar refractivity (Wildman–Crippen MR) is 122 cm³/mol. The Labute approximate surface area is 186 Å². The number of hydrogen-bond donors (Lipinski definition) is 0. The number of carbonyl (C=O) groups is 1. The number of aryl methyl sites for hydroxylation is 2. The third-order valence-electron chi connectivity index (χ3n) is 6.00. The molecule has 7 heteroatoms. The van der Waals surface area contributed by atoms with Crippen molar-refractivity contribution in [2.75, 3.05) is 13.1 Å². The highest BCUT2D eigenvalue weighted by Crippen LogP contribution is 2.29. The minimum Gasteiger partial charge on any atom is -0.338 e. The molecule has 1 amide bonds. The van der Waals surface area contributed by atoms with E-state index in [0.717, 1.165) is 75.6 Å². The van der Waals surface area contributed by atoms with Crippen molar-refractivity contribution >= 4 is 28.8 Å². The van der Waals surface area contributed by atoms with E-state index in [1.165, 1.54) is 11.3 Å². The van der Waals surface area contributed by atoms with Crippen LogP contribution in [-0.2, 0) is 6.42 Å². The summed E-state index contributed by atoms with van der Waals surface area (Å²) < 4.78 is 1.87. The number of benzene rings is 1. The number of likely N-dealkylation sites (tertiary alicyclic amines) is 1. The van der Waals surface area contributed by atoms with Crippen molar-refractivity contribution in [1.82, 2.24) is 19.7 Å². The van der Waals surface area contributed by atoms with E-state index in [1.54, 1.807) is 0 Å². The van der Waals surface area contributed by atoms with E-state index in [0.29, 0.717) is 5.92 Å². The normalized spacial score (nSPS) is 15.0. The van der Waals surface area contributed by atoms with E-state index >= 15 is 0 Å². The van der Waals surface area contributed by atoms with Crippen molar-refractivity contribution in [3.05, 3.63) is 62.4 Å². The van der Waals surface area contributed by atoms with Gasteiger partial charge in [-0.3, -0.25) is 4.79 Å². The van der Waals surface area contributed by atoms with Gasteiger partial charge in [-0.25, -0.2) is 9.67 Å². The van der Waals surface area contributed by atoms with Gasteiger partial charge in [-0.1, -0.05) is 48.1 Å². The van der Waals surface area contributed by atoms with Crippen molar-refractivity contribution < 1.29 is 4.79 Å². The van der Waals surface area contributed by atoms with E-state index in [-0.39, 0.29) is 5.91 Å². The lowest BCUT2D eigenvalue weighted by Crippen LogP contribution is -2.37. The first-order chi connectivity index (χ1) is 14.3. The smallest absolute Gasteiger partial charge is 0.265 e. The number of aromatic nitrogens is 3. The minimum absolute atomic E-state index is 0.0981. The summed E-state index contributed by atoms with van der Waals surface area (Å²) in [6, 6.07) is 7.90. The van der Waals surface area contributed by atoms with Crippen LogP contribution in [0.2, 0.25) is 5.02 Å². The zero-order valence-electron chi connectivity index (χ0n) is 17.9. The summed E-state index contributed by atoms with van der Waals surface area (Å²) in [6.45, 7) is 9.88. The first-order valence-electron chi connectivity index (χ1n) is 10.4. The third-order valence-corrected chi connectivity index (χ3v) is 7.49. The lowest BCUT2D eigenvalue weighted by Gasteiger charge is -2.29. The fraction of sp³-hybridized carbons (Fsp3) is 0.435. The molecule has 3 aromatic rings. The van der Waals surface area contributed by atoms with Crippen LogP contribution in [0.25, 0.3) is 5.13 Å². The predicted octanol–water partition coefficient (Wildman–Crippen LogP) is 5.37. The van der Waals surface area contributed by atoms with Crippen molar-refractivity contribution in [1.29, 1.82) is 0 Å². The zero-order chi connectivity index (χ0) is 21.4. The Kier molecular flexibility index (Phi) is 5.98. The van der Waals surface area contributed by atoms with Gasteiger partial charge in [-0.05, 0) is 51.2 Å². The lowest BCUT2D eigenvalue weighted by molar-refractivity contribution is 0.0701. The van der Waals surface area contributed by atoms with Gasteiger partial charge in [-0.2, -0.15) is 5.10 Å². The average Bonchev–Trinajstić information content (AvgIpc) is 3.24. The molecule has 4 rings (SSSR count). The number of amides is 1. The van der Waals surface area contributed by atoms with Gasteiger partial charge in [0.25, 0.3) is 5.91 Å². The molecule has 0 bridgehead atoms. The molecule has 1 fully saturated rings. The highest BCUT2D eigenvalue weighted by atomic mass is 35.5. The summed E-state index contributed by atoms with van der Waals surface area (Å²) in [7, 11) is 0. The average molecular weight is 443 g/mol. The number of hydrogen-bond acceptors (Lipinski definition) is 4. The second-order valence-electron chi connectivity index (χ2n) is 8.22. The molecule has 3 heterocycles. The van der Waals surface area contributed by atoms with E-state index in [9.17, 15) is 4.79 Å². The van der Waals surface area contributed by atoms with Crippen LogP contribution in [0.4, 0.5) is 0 Å². The van der Waals surface area contributed by atoms with Crippen LogP contribution in [0.15, 0.2) is 24.3 Å². The van der Waals surface area contributed by atoms with Gasteiger partial charge >= 0.3 is 0 Å². The number of thiazole rings is 1. The molecule has 0 saturated carbocycles. The lowest BCUT2D eigenvalue weighted by atomic mass is 9.99. The molecule has 0 radical (unpaired) electrons. The number of rotatable bonds is 4. The molecule has 1 aliphatic heterocycles. The van der Waals surface area contributed by atoms with Crippen LogP contribution in [0.5, 0.6) is 0 Å². The molecule has 0 spiro atoms. The number of piperidine rings is 1. The largest absolute Gasteiger partial charge is 0.338 e. The van der Waals surface area contributed by atoms with E-state index in [2.05, 4.69) is 13.8 Å². The van der Waals surface area contributed by atoms with Gasteiger partial charge in [0.1, 0.15) is 4.88 Å². The maximum Gasteiger partial charge on any atom is 0.265 e. The molecular formula is C23H27ClN4OS.